The lowest BCUT2D eigenvalue weighted by atomic mass is 10.1. The Kier molecular flexibility index (Phi) is 6.33. The van der Waals surface area contributed by atoms with Gasteiger partial charge in [0, 0.05) is 16.5 Å². The van der Waals surface area contributed by atoms with Crippen LogP contribution in [-0.2, 0) is 9.53 Å². The summed E-state index contributed by atoms with van der Waals surface area (Å²) in [6.07, 6.45) is -1.18. The SMILES string of the molecule is CCOc1ccc2oc(C(=O)O[C@H](C)C(=O)NC(=O)NC(C)(C)C)c(C)c2c1. The highest BCUT2D eigenvalue weighted by Crippen LogP contribution is 2.29. The zero-order valence-electron chi connectivity index (χ0n) is 17.0. The van der Waals surface area contributed by atoms with Gasteiger partial charge in [-0.15, -0.1) is 0 Å². The Morgan fingerprint density at radius 1 is 1.21 bits per heavy atom. The van der Waals surface area contributed by atoms with Crippen LogP contribution in [0.4, 0.5) is 4.79 Å². The number of furan rings is 1. The summed E-state index contributed by atoms with van der Waals surface area (Å²) in [5.74, 6) is -0.855. The van der Waals surface area contributed by atoms with E-state index < -0.39 is 29.6 Å². The first-order valence-electron chi connectivity index (χ1n) is 9.01. The van der Waals surface area contributed by atoms with Gasteiger partial charge in [0.25, 0.3) is 5.91 Å². The fraction of sp³-hybridized carbons (Fsp3) is 0.450. The topological polar surface area (TPSA) is 107 Å². The second kappa shape index (κ2) is 8.33. The van der Waals surface area contributed by atoms with Gasteiger partial charge in [0.2, 0.25) is 5.76 Å². The van der Waals surface area contributed by atoms with Crippen molar-refractivity contribution in [3.8, 4) is 5.75 Å². The van der Waals surface area contributed by atoms with Crippen molar-refractivity contribution in [1.29, 1.82) is 0 Å². The number of esters is 1. The molecule has 0 spiro atoms. The Balaban J connectivity index is 2.08. The molecule has 0 saturated carbocycles. The van der Waals surface area contributed by atoms with Gasteiger partial charge in [-0.3, -0.25) is 10.1 Å². The van der Waals surface area contributed by atoms with Crippen LogP contribution < -0.4 is 15.4 Å². The number of aryl methyl sites for hydroxylation is 1. The third kappa shape index (κ3) is 5.25. The zero-order chi connectivity index (χ0) is 21.1. The van der Waals surface area contributed by atoms with E-state index in [1.165, 1.54) is 6.92 Å². The summed E-state index contributed by atoms with van der Waals surface area (Å²) in [5, 5.41) is 5.45. The Bertz CT molecular complexity index is 894. The predicted molar refractivity (Wildman–Crippen MR) is 103 cm³/mol. The monoisotopic (exact) mass is 390 g/mol. The molecule has 1 atom stereocenters. The average molecular weight is 390 g/mol. The first kappa shape index (κ1) is 21.3. The molecule has 0 fully saturated rings. The molecule has 0 saturated heterocycles. The molecule has 1 aromatic heterocycles. The van der Waals surface area contributed by atoms with Crippen molar-refractivity contribution in [2.24, 2.45) is 0 Å². The summed E-state index contributed by atoms with van der Waals surface area (Å²) in [7, 11) is 0. The zero-order valence-corrected chi connectivity index (χ0v) is 17.0. The molecule has 28 heavy (non-hydrogen) atoms. The van der Waals surface area contributed by atoms with Gasteiger partial charge in [0.1, 0.15) is 11.3 Å². The fourth-order valence-corrected chi connectivity index (χ4v) is 2.50. The van der Waals surface area contributed by atoms with Crippen LogP contribution in [0.2, 0.25) is 0 Å². The number of fused-ring (bicyclic) bond motifs is 1. The summed E-state index contributed by atoms with van der Waals surface area (Å²) >= 11 is 0. The number of benzene rings is 1. The van der Waals surface area contributed by atoms with Gasteiger partial charge in [-0.05, 0) is 59.7 Å². The molecule has 0 radical (unpaired) electrons. The quantitative estimate of drug-likeness (QED) is 0.759. The largest absolute Gasteiger partial charge is 0.494 e. The average Bonchev–Trinajstić information content (AvgIpc) is 2.90. The lowest BCUT2D eigenvalue weighted by Crippen LogP contribution is -2.50. The second-order valence-corrected chi connectivity index (χ2v) is 7.39. The van der Waals surface area contributed by atoms with E-state index in [2.05, 4.69) is 10.6 Å². The highest BCUT2D eigenvalue weighted by molar-refractivity contribution is 6.00. The number of imide groups is 1. The van der Waals surface area contributed by atoms with E-state index in [1.54, 1.807) is 45.9 Å². The number of carbonyl (C=O) groups is 3. The van der Waals surface area contributed by atoms with E-state index in [1.807, 2.05) is 6.92 Å². The minimum Gasteiger partial charge on any atom is -0.494 e. The standard InChI is InChI=1S/C20H26N2O6/c1-7-26-13-8-9-15-14(10-13)11(2)16(28-15)18(24)27-12(3)17(23)21-19(25)22-20(4,5)6/h8-10,12H,7H2,1-6H3,(H2,21,22,23,25)/t12-/m1/s1. The van der Waals surface area contributed by atoms with E-state index >= 15 is 0 Å². The first-order chi connectivity index (χ1) is 13.0. The molecular weight excluding hydrogens is 364 g/mol. The lowest BCUT2D eigenvalue weighted by molar-refractivity contribution is -0.128. The summed E-state index contributed by atoms with van der Waals surface area (Å²) in [4.78, 5) is 36.3. The van der Waals surface area contributed by atoms with Crippen molar-refractivity contribution in [2.45, 2.75) is 53.2 Å². The molecule has 2 N–H and O–H groups in total. The van der Waals surface area contributed by atoms with Gasteiger partial charge in [0.05, 0.1) is 6.61 Å². The predicted octanol–water partition coefficient (Wildman–Crippen LogP) is 3.31. The molecule has 0 aliphatic heterocycles. The number of hydrogen-bond acceptors (Lipinski definition) is 6. The maximum Gasteiger partial charge on any atom is 0.375 e. The molecular formula is C20H26N2O6. The summed E-state index contributed by atoms with van der Waals surface area (Å²) < 4.78 is 16.2. The number of carbonyl (C=O) groups excluding carboxylic acids is 3. The van der Waals surface area contributed by atoms with Crippen molar-refractivity contribution in [2.75, 3.05) is 6.61 Å². The van der Waals surface area contributed by atoms with Gasteiger partial charge in [-0.2, -0.15) is 0 Å². The third-order valence-corrected chi connectivity index (χ3v) is 3.78. The van der Waals surface area contributed by atoms with Crippen molar-refractivity contribution in [3.05, 3.63) is 29.5 Å². The first-order valence-corrected chi connectivity index (χ1v) is 9.01. The fourth-order valence-electron chi connectivity index (χ4n) is 2.50. The third-order valence-electron chi connectivity index (χ3n) is 3.78. The molecule has 1 aromatic carbocycles. The molecule has 152 valence electrons. The van der Waals surface area contributed by atoms with Crippen LogP contribution in [0.25, 0.3) is 11.0 Å². The van der Waals surface area contributed by atoms with Gasteiger partial charge in [0.15, 0.2) is 6.10 Å². The minimum atomic E-state index is -1.18. The summed E-state index contributed by atoms with van der Waals surface area (Å²) in [6, 6.07) is 4.57. The van der Waals surface area contributed by atoms with Crippen molar-refractivity contribution in [1.82, 2.24) is 10.6 Å². The van der Waals surface area contributed by atoms with Crippen LogP contribution in [0.5, 0.6) is 5.75 Å². The molecule has 3 amide bonds. The minimum absolute atomic E-state index is 0.00226. The van der Waals surface area contributed by atoms with Crippen LogP contribution in [0, 0.1) is 6.92 Å². The summed E-state index contributed by atoms with van der Waals surface area (Å²) in [6.45, 7) is 10.8. The second-order valence-electron chi connectivity index (χ2n) is 7.39. The number of rotatable bonds is 5. The van der Waals surface area contributed by atoms with Crippen molar-refractivity contribution in [3.63, 3.8) is 0 Å². The van der Waals surface area contributed by atoms with E-state index in [-0.39, 0.29) is 5.76 Å². The highest BCUT2D eigenvalue weighted by atomic mass is 16.6. The van der Waals surface area contributed by atoms with Gasteiger partial charge >= 0.3 is 12.0 Å². The summed E-state index contributed by atoms with van der Waals surface area (Å²) in [5.41, 5.74) is 0.588. The van der Waals surface area contributed by atoms with Crippen LogP contribution in [-0.4, -0.2) is 36.2 Å². The molecule has 0 aliphatic rings. The molecule has 8 nitrogen and oxygen atoms in total. The Morgan fingerprint density at radius 2 is 1.89 bits per heavy atom. The van der Waals surface area contributed by atoms with Crippen LogP contribution in [0.3, 0.4) is 0 Å². The number of amides is 3. The maximum absolute atomic E-state index is 12.4. The Hall–Kier alpha value is -3.03. The van der Waals surface area contributed by atoms with Gasteiger partial charge in [-0.25, -0.2) is 9.59 Å². The normalized spacial score (nSPS) is 12.4. The van der Waals surface area contributed by atoms with E-state index in [9.17, 15) is 14.4 Å². The lowest BCUT2D eigenvalue weighted by Gasteiger charge is -2.21. The van der Waals surface area contributed by atoms with Gasteiger partial charge in [-0.1, -0.05) is 0 Å². The van der Waals surface area contributed by atoms with Crippen LogP contribution >= 0.6 is 0 Å². The number of nitrogens with one attached hydrogen (secondary N) is 2. The molecule has 8 heteroatoms. The number of ether oxygens (including phenoxy) is 2. The molecule has 0 bridgehead atoms. The van der Waals surface area contributed by atoms with Crippen molar-refractivity contribution < 1.29 is 28.3 Å². The van der Waals surface area contributed by atoms with E-state index in [0.29, 0.717) is 23.5 Å². The molecule has 1 heterocycles. The number of urea groups is 1. The smallest absolute Gasteiger partial charge is 0.375 e. The van der Waals surface area contributed by atoms with Crippen molar-refractivity contribution >= 4 is 28.9 Å². The maximum atomic E-state index is 12.4. The molecule has 0 aliphatic carbocycles. The van der Waals surface area contributed by atoms with E-state index in [4.69, 9.17) is 13.9 Å². The van der Waals surface area contributed by atoms with Crippen LogP contribution in [0.1, 0.15) is 50.7 Å². The number of hydrogen-bond donors (Lipinski definition) is 2. The Morgan fingerprint density at radius 3 is 2.50 bits per heavy atom. The van der Waals surface area contributed by atoms with Gasteiger partial charge < -0.3 is 19.2 Å². The highest BCUT2D eigenvalue weighted by Gasteiger charge is 2.26. The Labute approximate surface area is 163 Å². The molecule has 2 rings (SSSR count). The molecule has 2 aromatic rings. The van der Waals surface area contributed by atoms with E-state index in [0.717, 1.165) is 5.39 Å². The van der Waals surface area contributed by atoms with Crippen LogP contribution in [0.15, 0.2) is 22.6 Å². The molecule has 0 unspecified atom stereocenters.